The fraction of sp³-hybridized carbons (Fsp3) is 0.538. The fourth-order valence-corrected chi connectivity index (χ4v) is 2.15. The number of hydrogen-bond donors (Lipinski definition) is 1. The number of carboxylic acid groups (broad SMARTS) is 1. The molecule has 17 heavy (non-hydrogen) atoms. The molecular formula is C13H16N2O2. The lowest BCUT2D eigenvalue weighted by atomic mass is 10.2. The van der Waals surface area contributed by atoms with Crippen molar-refractivity contribution in [2.45, 2.75) is 31.7 Å². The van der Waals surface area contributed by atoms with E-state index in [-0.39, 0.29) is 5.69 Å². The number of aromatic nitrogens is 1. The molecule has 0 aromatic carbocycles. The summed E-state index contributed by atoms with van der Waals surface area (Å²) in [5.41, 5.74) is 1.16. The Morgan fingerprint density at radius 2 is 2.18 bits per heavy atom. The molecule has 1 aromatic rings. The van der Waals surface area contributed by atoms with Crippen molar-refractivity contribution in [3.63, 3.8) is 0 Å². The topological polar surface area (TPSA) is 53.4 Å². The number of carboxylic acids is 1. The van der Waals surface area contributed by atoms with Crippen LogP contribution in [0.3, 0.4) is 0 Å². The monoisotopic (exact) mass is 232 g/mol. The zero-order chi connectivity index (χ0) is 11.8. The van der Waals surface area contributed by atoms with E-state index < -0.39 is 5.97 Å². The molecule has 0 spiro atoms. The highest BCUT2D eigenvalue weighted by atomic mass is 16.4. The highest BCUT2D eigenvalue weighted by Gasteiger charge is 2.34. The third kappa shape index (κ3) is 2.40. The van der Waals surface area contributed by atoms with E-state index >= 15 is 0 Å². The zero-order valence-corrected chi connectivity index (χ0v) is 9.67. The molecule has 0 radical (unpaired) electrons. The molecule has 90 valence electrons. The molecule has 0 aliphatic heterocycles. The first-order chi connectivity index (χ1) is 8.24. The van der Waals surface area contributed by atoms with E-state index in [0.29, 0.717) is 6.04 Å². The molecule has 4 heteroatoms. The molecule has 3 rings (SSSR count). The van der Waals surface area contributed by atoms with Gasteiger partial charge in [0.15, 0.2) is 0 Å². The predicted octanol–water partition coefficient (Wildman–Crippen LogP) is 2.16. The summed E-state index contributed by atoms with van der Waals surface area (Å²) in [4.78, 5) is 17.2. The van der Waals surface area contributed by atoms with Crippen LogP contribution >= 0.6 is 0 Å². The van der Waals surface area contributed by atoms with Crippen LogP contribution in [-0.2, 0) is 0 Å². The first-order valence-corrected chi connectivity index (χ1v) is 6.20. The van der Waals surface area contributed by atoms with Gasteiger partial charge in [0.1, 0.15) is 5.69 Å². The van der Waals surface area contributed by atoms with Gasteiger partial charge in [-0.1, -0.05) is 0 Å². The second kappa shape index (κ2) is 4.02. The average Bonchev–Trinajstić information content (AvgIpc) is 3.18. The Kier molecular flexibility index (Phi) is 2.50. The number of carbonyl (C=O) groups is 1. The summed E-state index contributed by atoms with van der Waals surface area (Å²) in [6, 6.07) is 4.25. The van der Waals surface area contributed by atoms with Crippen LogP contribution in [0.2, 0.25) is 0 Å². The molecule has 2 saturated carbocycles. The Bertz CT molecular complexity index is 439. The molecule has 1 heterocycles. The van der Waals surface area contributed by atoms with Gasteiger partial charge in [0, 0.05) is 24.5 Å². The van der Waals surface area contributed by atoms with E-state index in [2.05, 4.69) is 9.88 Å². The van der Waals surface area contributed by atoms with Gasteiger partial charge in [-0.15, -0.1) is 0 Å². The first kappa shape index (κ1) is 10.6. The van der Waals surface area contributed by atoms with Crippen molar-refractivity contribution < 1.29 is 9.90 Å². The second-order valence-electron chi connectivity index (χ2n) is 5.03. The molecule has 0 saturated heterocycles. The summed E-state index contributed by atoms with van der Waals surface area (Å²) in [5.74, 6) is -0.133. The summed E-state index contributed by atoms with van der Waals surface area (Å²) in [5, 5.41) is 8.96. The lowest BCUT2D eigenvalue weighted by Gasteiger charge is -2.24. The second-order valence-corrected chi connectivity index (χ2v) is 5.03. The number of rotatable bonds is 5. The molecule has 4 nitrogen and oxygen atoms in total. The Balaban J connectivity index is 1.83. The minimum Gasteiger partial charge on any atom is -0.477 e. The van der Waals surface area contributed by atoms with Crippen LogP contribution in [-0.4, -0.2) is 28.6 Å². The van der Waals surface area contributed by atoms with Crippen molar-refractivity contribution >= 4 is 11.7 Å². The molecule has 2 aliphatic carbocycles. The van der Waals surface area contributed by atoms with Crippen molar-refractivity contribution in [3.05, 3.63) is 24.0 Å². The molecular weight excluding hydrogens is 216 g/mol. The zero-order valence-electron chi connectivity index (χ0n) is 9.67. The van der Waals surface area contributed by atoms with Crippen LogP contribution in [0.4, 0.5) is 5.69 Å². The van der Waals surface area contributed by atoms with Crippen LogP contribution < -0.4 is 4.90 Å². The maximum absolute atomic E-state index is 10.9. The third-order valence-electron chi connectivity index (χ3n) is 3.43. The standard InChI is InChI=1S/C13H16N2O2/c16-13(17)12-7-11(5-6-14-12)15(10-3-4-10)8-9-1-2-9/h5-7,9-10H,1-4,8H2,(H,16,17). The quantitative estimate of drug-likeness (QED) is 0.845. The molecule has 2 aliphatic rings. The van der Waals surface area contributed by atoms with E-state index in [0.717, 1.165) is 18.2 Å². The van der Waals surface area contributed by atoms with Gasteiger partial charge in [-0.3, -0.25) is 0 Å². The molecule has 0 atom stereocenters. The third-order valence-corrected chi connectivity index (χ3v) is 3.43. The smallest absolute Gasteiger partial charge is 0.354 e. The number of aromatic carboxylic acids is 1. The minimum absolute atomic E-state index is 0.143. The van der Waals surface area contributed by atoms with Crippen molar-refractivity contribution in [3.8, 4) is 0 Å². The van der Waals surface area contributed by atoms with E-state index in [9.17, 15) is 4.79 Å². The van der Waals surface area contributed by atoms with Gasteiger partial charge in [-0.05, 0) is 43.7 Å². The van der Waals surface area contributed by atoms with Gasteiger partial charge in [0.05, 0.1) is 0 Å². The Labute approximate surface area is 100 Å². The highest BCUT2D eigenvalue weighted by molar-refractivity contribution is 5.86. The minimum atomic E-state index is -0.950. The van der Waals surface area contributed by atoms with Gasteiger partial charge in [-0.25, -0.2) is 9.78 Å². The van der Waals surface area contributed by atoms with E-state index in [1.165, 1.54) is 25.7 Å². The maximum Gasteiger partial charge on any atom is 0.354 e. The number of hydrogen-bond acceptors (Lipinski definition) is 3. The summed E-state index contributed by atoms with van der Waals surface area (Å²) < 4.78 is 0. The maximum atomic E-state index is 10.9. The average molecular weight is 232 g/mol. The van der Waals surface area contributed by atoms with Crippen molar-refractivity contribution in [2.24, 2.45) is 5.92 Å². The summed E-state index contributed by atoms with van der Waals surface area (Å²) in [7, 11) is 0. The lowest BCUT2D eigenvalue weighted by molar-refractivity contribution is 0.0690. The van der Waals surface area contributed by atoms with E-state index in [1.807, 2.05) is 6.07 Å². The summed E-state index contributed by atoms with van der Waals surface area (Å²) >= 11 is 0. The molecule has 1 N–H and O–H groups in total. The normalized spacial score (nSPS) is 19.1. The Morgan fingerprint density at radius 3 is 2.76 bits per heavy atom. The number of anilines is 1. The van der Waals surface area contributed by atoms with Gasteiger partial charge in [0.25, 0.3) is 0 Å². The van der Waals surface area contributed by atoms with Crippen LogP contribution in [0.1, 0.15) is 36.2 Å². The fourth-order valence-electron chi connectivity index (χ4n) is 2.15. The highest BCUT2D eigenvalue weighted by Crippen LogP contribution is 2.37. The predicted molar refractivity (Wildman–Crippen MR) is 64.3 cm³/mol. The Morgan fingerprint density at radius 1 is 1.41 bits per heavy atom. The summed E-state index contributed by atoms with van der Waals surface area (Å²) in [6.45, 7) is 1.08. The molecule has 0 amide bonds. The van der Waals surface area contributed by atoms with Gasteiger partial charge < -0.3 is 10.0 Å². The van der Waals surface area contributed by atoms with Crippen LogP contribution in [0, 0.1) is 5.92 Å². The van der Waals surface area contributed by atoms with Gasteiger partial charge >= 0.3 is 5.97 Å². The van der Waals surface area contributed by atoms with Crippen molar-refractivity contribution in [1.82, 2.24) is 4.98 Å². The van der Waals surface area contributed by atoms with Crippen LogP contribution in [0.5, 0.6) is 0 Å². The first-order valence-electron chi connectivity index (χ1n) is 6.20. The van der Waals surface area contributed by atoms with Crippen LogP contribution in [0.25, 0.3) is 0 Å². The number of pyridine rings is 1. The number of nitrogens with zero attached hydrogens (tertiary/aromatic N) is 2. The van der Waals surface area contributed by atoms with E-state index in [1.54, 1.807) is 12.3 Å². The lowest BCUT2D eigenvalue weighted by Crippen LogP contribution is -2.28. The molecule has 2 fully saturated rings. The Hall–Kier alpha value is -1.58. The van der Waals surface area contributed by atoms with Gasteiger partial charge in [0.2, 0.25) is 0 Å². The van der Waals surface area contributed by atoms with Crippen molar-refractivity contribution in [2.75, 3.05) is 11.4 Å². The van der Waals surface area contributed by atoms with E-state index in [4.69, 9.17) is 5.11 Å². The van der Waals surface area contributed by atoms with Crippen LogP contribution in [0.15, 0.2) is 18.3 Å². The van der Waals surface area contributed by atoms with Gasteiger partial charge in [-0.2, -0.15) is 0 Å². The molecule has 0 bridgehead atoms. The largest absolute Gasteiger partial charge is 0.477 e. The molecule has 0 unspecified atom stereocenters. The SMILES string of the molecule is O=C(O)c1cc(N(CC2CC2)C2CC2)ccn1. The van der Waals surface area contributed by atoms with Crippen molar-refractivity contribution in [1.29, 1.82) is 0 Å². The summed E-state index contributed by atoms with van der Waals surface area (Å²) in [6.07, 6.45) is 6.70. The molecule has 1 aromatic heterocycles.